The van der Waals surface area contributed by atoms with Crippen molar-refractivity contribution in [2.45, 2.75) is 0 Å². The van der Waals surface area contributed by atoms with Gasteiger partial charge in [-0.05, 0) is 0 Å². The SMILES string of the molecule is C=C(C=O)c1cn[nH]n1. The summed E-state index contributed by atoms with van der Waals surface area (Å²) < 4.78 is 0. The lowest BCUT2D eigenvalue weighted by molar-refractivity contribution is -0.103. The van der Waals surface area contributed by atoms with Gasteiger partial charge in [0.05, 0.1) is 6.20 Å². The summed E-state index contributed by atoms with van der Waals surface area (Å²) in [6, 6.07) is 0. The lowest BCUT2D eigenvalue weighted by Crippen LogP contribution is -1.82. The predicted molar refractivity (Wildman–Crippen MR) is 31.5 cm³/mol. The fourth-order valence-electron chi connectivity index (χ4n) is 0.417. The lowest BCUT2D eigenvalue weighted by atomic mass is 10.3. The van der Waals surface area contributed by atoms with Crippen LogP contribution in [0.25, 0.3) is 5.57 Å². The highest BCUT2D eigenvalue weighted by molar-refractivity contribution is 6.04. The Morgan fingerprint density at radius 2 is 2.67 bits per heavy atom. The average molecular weight is 123 g/mol. The zero-order valence-electron chi connectivity index (χ0n) is 4.66. The van der Waals surface area contributed by atoms with Crippen LogP contribution in [0.2, 0.25) is 0 Å². The van der Waals surface area contributed by atoms with Crippen LogP contribution in [0.3, 0.4) is 0 Å². The van der Waals surface area contributed by atoms with Gasteiger partial charge in [0.2, 0.25) is 0 Å². The molecule has 0 unspecified atom stereocenters. The van der Waals surface area contributed by atoms with Crippen LogP contribution in [-0.4, -0.2) is 21.7 Å². The molecule has 4 nitrogen and oxygen atoms in total. The molecule has 0 radical (unpaired) electrons. The third kappa shape index (κ3) is 1.02. The molecule has 4 heteroatoms. The van der Waals surface area contributed by atoms with Gasteiger partial charge >= 0.3 is 0 Å². The highest BCUT2D eigenvalue weighted by atomic mass is 16.1. The first-order valence-corrected chi connectivity index (χ1v) is 2.35. The number of hydrogen-bond acceptors (Lipinski definition) is 3. The maximum atomic E-state index is 10.0. The lowest BCUT2D eigenvalue weighted by Gasteiger charge is -1.82. The molecule has 0 saturated heterocycles. The molecule has 0 spiro atoms. The summed E-state index contributed by atoms with van der Waals surface area (Å²) in [4.78, 5) is 10.0. The van der Waals surface area contributed by atoms with Gasteiger partial charge in [-0.15, -0.1) is 0 Å². The van der Waals surface area contributed by atoms with E-state index in [2.05, 4.69) is 22.0 Å². The van der Waals surface area contributed by atoms with Gasteiger partial charge < -0.3 is 0 Å². The molecule has 0 fully saturated rings. The van der Waals surface area contributed by atoms with Gasteiger partial charge in [0.15, 0.2) is 6.29 Å². The maximum Gasteiger partial charge on any atom is 0.151 e. The molecule has 9 heavy (non-hydrogen) atoms. The summed E-state index contributed by atoms with van der Waals surface area (Å²) in [5, 5.41) is 9.48. The Morgan fingerprint density at radius 3 is 3.11 bits per heavy atom. The van der Waals surface area contributed by atoms with Crippen molar-refractivity contribution in [3.63, 3.8) is 0 Å². The molecule has 0 aliphatic carbocycles. The Kier molecular flexibility index (Phi) is 1.40. The van der Waals surface area contributed by atoms with E-state index in [1.54, 1.807) is 0 Å². The normalized spacial score (nSPS) is 8.89. The molecular weight excluding hydrogens is 118 g/mol. The van der Waals surface area contributed by atoms with E-state index < -0.39 is 0 Å². The predicted octanol–water partition coefficient (Wildman–Crippen LogP) is 0.0168. The standard InChI is InChI=1S/C5H5N3O/c1-4(3-9)5-2-6-8-7-5/h2-3H,1H2,(H,6,7,8). The molecule has 1 rings (SSSR count). The molecule has 0 atom stereocenters. The molecule has 0 saturated carbocycles. The summed E-state index contributed by atoms with van der Waals surface area (Å²) in [5.41, 5.74) is 0.828. The molecule has 1 heterocycles. The van der Waals surface area contributed by atoms with E-state index in [4.69, 9.17) is 0 Å². The van der Waals surface area contributed by atoms with Gasteiger partial charge in [-0.3, -0.25) is 4.79 Å². The van der Waals surface area contributed by atoms with Gasteiger partial charge in [-0.2, -0.15) is 15.4 Å². The zero-order chi connectivity index (χ0) is 6.69. The number of aromatic amines is 1. The van der Waals surface area contributed by atoms with Crippen LogP contribution in [0.1, 0.15) is 5.69 Å². The van der Waals surface area contributed by atoms with Crippen molar-refractivity contribution in [2.75, 3.05) is 0 Å². The van der Waals surface area contributed by atoms with Gasteiger partial charge in [0.1, 0.15) is 5.69 Å². The van der Waals surface area contributed by atoms with E-state index in [9.17, 15) is 4.79 Å². The van der Waals surface area contributed by atoms with Crippen LogP contribution in [-0.2, 0) is 4.79 Å². The van der Waals surface area contributed by atoms with Crippen LogP contribution in [0.4, 0.5) is 0 Å². The molecule has 46 valence electrons. The number of carbonyl (C=O) groups excluding carboxylic acids is 1. The Balaban J connectivity index is 2.89. The Hall–Kier alpha value is -1.45. The minimum Gasteiger partial charge on any atom is -0.298 e. The number of aldehydes is 1. The quantitative estimate of drug-likeness (QED) is 0.445. The number of hydrogen-bond donors (Lipinski definition) is 1. The third-order valence-corrected chi connectivity index (χ3v) is 0.886. The van der Waals surface area contributed by atoms with Crippen LogP contribution in [0, 0.1) is 0 Å². The van der Waals surface area contributed by atoms with E-state index >= 15 is 0 Å². The fourth-order valence-corrected chi connectivity index (χ4v) is 0.417. The molecule has 1 N–H and O–H groups in total. The third-order valence-electron chi connectivity index (χ3n) is 0.886. The monoisotopic (exact) mass is 123 g/mol. The van der Waals surface area contributed by atoms with E-state index in [-0.39, 0.29) is 0 Å². The molecule has 0 aliphatic heterocycles. The van der Waals surface area contributed by atoms with E-state index in [0.29, 0.717) is 17.6 Å². The summed E-state index contributed by atoms with van der Waals surface area (Å²) in [5.74, 6) is 0. The van der Waals surface area contributed by atoms with E-state index in [0.717, 1.165) is 0 Å². The second-order valence-corrected chi connectivity index (χ2v) is 1.50. The van der Waals surface area contributed by atoms with Gasteiger partial charge in [0, 0.05) is 5.57 Å². The Morgan fingerprint density at radius 1 is 1.89 bits per heavy atom. The first-order valence-electron chi connectivity index (χ1n) is 2.35. The van der Waals surface area contributed by atoms with Gasteiger partial charge in [0.25, 0.3) is 0 Å². The minimum atomic E-state index is 0.337. The highest BCUT2D eigenvalue weighted by Crippen LogP contribution is 2.00. The molecule has 0 aromatic carbocycles. The topological polar surface area (TPSA) is 58.6 Å². The Bertz CT molecular complexity index is 214. The maximum absolute atomic E-state index is 10.0. The molecule has 0 aliphatic rings. The average Bonchev–Trinajstić information content (AvgIpc) is 2.37. The molecule has 0 bridgehead atoms. The first-order chi connectivity index (χ1) is 4.34. The first kappa shape index (κ1) is 5.68. The van der Waals surface area contributed by atoms with Crippen molar-refractivity contribution in [3.8, 4) is 0 Å². The van der Waals surface area contributed by atoms with E-state index in [1.807, 2.05) is 0 Å². The van der Waals surface area contributed by atoms with Crippen molar-refractivity contribution in [2.24, 2.45) is 0 Å². The molecule has 0 amide bonds. The number of nitrogens with one attached hydrogen (secondary N) is 1. The second kappa shape index (κ2) is 2.21. The zero-order valence-corrected chi connectivity index (χ0v) is 4.66. The van der Waals surface area contributed by atoms with Gasteiger partial charge in [-0.1, -0.05) is 6.58 Å². The summed E-state index contributed by atoms with van der Waals surface area (Å²) in [6.07, 6.45) is 2.08. The van der Waals surface area contributed by atoms with Crippen molar-refractivity contribution >= 4 is 11.9 Å². The Labute approximate surface area is 51.6 Å². The van der Waals surface area contributed by atoms with Crippen LogP contribution in [0.5, 0.6) is 0 Å². The molecular formula is C5H5N3O. The summed E-state index contributed by atoms with van der Waals surface area (Å²) >= 11 is 0. The van der Waals surface area contributed by atoms with Crippen LogP contribution < -0.4 is 0 Å². The van der Waals surface area contributed by atoms with Crippen molar-refractivity contribution in [1.82, 2.24) is 15.4 Å². The smallest absolute Gasteiger partial charge is 0.151 e. The van der Waals surface area contributed by atoms with Crippen LogP contribution >= 0.6 is 0 Å². The fraction of sp³-hybridized carbons (Fsp3) is 0. The molecule has 1 aromatic rings. The number of aromatic nitrogens is 3. The van der Waals surface area contributed by atoms with Crippen LogP contribution in [0.15, 0.2) is 12.8 Å². The van der Waals surface area contributed by atoms with Crippen molar-refractivity contribution in [3.05, 3.63) is 18.5 Å². The van der Waals surface area contributed by atoms with Crippen molar-refractivity contribution < 1.29 is 4.79 Å². The second-order valence-electron chi connectivity index (χ2n) is 1.50. The summed E-state index contributed by atoms with van der Waals surface area (Å²) in [6.45, 7) is 3.43. The highest BCUT2D eigenvalue weighted by Gasteiger charge is 1.97. The molecule has 1 aromatic heterocycles. The minimum absolute atomic E-state index is 0.337. The van der Waals surface area contributed by atoms with Crippen molar-refractivity contribution in [1.29, 1.82) is 0 Å². The number of rotatable bonds is 2. The van der Waals surface area contributed by atoms with E-state index in [1.165, 1.54) is 6.20 Å². The number of H-pyrrole nitrogens is 1. The summed E-state index contributed by atoms with van der Waals surface area (Å²) in [7, 11) is 0. The van der Waals surface area contributed by atoms with Gasteiger partial charge in [-0.25, -0.2) is 0 Å². The number of carbonyl (C=O) groups is 1. The largest absolute Gasteiger partial charge is 0.298 e. The number of allylic oxidation sites excluding steroid dienone is 1. The number of nitrogens with zero attached hydrogens (tertiary/aromatic N) is 2.